The lowest BCUT2D eigenvalue weighted by molar-refractivity contribution is 0.840. The van der Waals surface area contributed by atoms with Gasteiger partial charge in [0.05, 0.1) is 0 Å². The summed E-state index contributed by atoms with van der Waals surface area (Å²) in [7, 11) is 0. The van der Waals surface area contributed by atoms with Crippen molar-refractivity contribution in [1.29, 1.82) is 0 Å². The molecule has 0 saturated heterocycles. The molecule has 0 spiro atoms. The van der Waals surface area contributed by atoms with E-state index in [1.165, 1.54) is 22.3 Å². The van der Waals surface area contributed by atoms with E-state index < -0.39 is 0 Å². The van der Waals surface area contributed by atoms with E-state index in [4.69, 9.17) is 5.73 Å². The highest BCUT2D eigenvalue weighted by atomic mass is 14.6. The Morgan fingerprint density at radius 3 is 1.57 bits per heavy atom. The highest BCUT2D eigenvalue weighted by Gasteiger charge is 2.13. The van der Waals surface area contributed by atoms with Crippen molar-refractivity contribution in [2.75, 3.05) is 5.73 Å². The Balaban J connectivity index is 0.00000106. The zero-order chi connectivity index (χ0) is 16.0. The van der Waals surface area contributed by atoms with Gasteiger partial charge in [-0.3, -0.25) is 0 Å². The van der Waals surface area contributed by atoms with Crippen LogP contribution >= 0.6 is 0 Å². The third-order valence-electron chi connectivity index (χ3n) is 3.60. The zero-order valence-electron chi connectivity index (χ0n) is 13.7. The maximum atomic E-state index is 6.33. The van der Waals surface area contributed by atoms with Crippen LogP contribution < -0.4 is 5.73 Å². The molecule has 112 valence electrons. The molecule has 0 fully saturated rings. The standard InChI is InChI=1S/C18H23N.C2H4/c1-12(2)16-10-15(14-8-6-5-7-9-14)11-17(13(3)4)18(16)19;1-2/h5-13H,19H2,1-4H3;1-2H2. The Kier molecular flexibility index (Phi) is 6.23. The molecule has 0 bridgehead atoms. The van der Waals surface area contributed by atoms with Crippen LogP contribution in [0.3, 0.4) is 0 Å². The van der Waals surface area contributed by atoms with Crippen molar-refractivity contribution in [1.82, 2.24) is 0 Å². The Labute approximate surface area is 129 Å². The highest BCUT2D eigenvalue weighted by molar-refractivity contribution is 5.71. The second-order valence-electron chi connectivity index (χ2n) is 5.74. The van der Waals surface area contributed by atoms with Gasteiger partial charge in [-0.05, 0) is 46.2 Å². The monoisotopic (exact) mass is 281 g/mol. The number of hydrogen-bond acceptors (Lipinski definition) is 1. The van der Waals surface area contributed by atoms with Gasteiger partial charge in [0.25, 0.3) is 0 Å². The van der Waals surface area contributed by atoms with E-state index in [0.29, 0.717) is 11.8 Å². The molecule has 2 rings (SSSR count). The second-order valence-corrected chi connectivity index (χ2v) is 5.74. The number of nitrogen functional groups attached to an aromatic ring is 1. The van der Waals surface area contributed by atoms with Gasteiger partial charge in [-0.2, -0.15) is 0 Å². The summed E-state index contributed by atoms with van der Waals surface area (Å²) >= 11 is 0. The van der Waals surface area contributed by atoms with Crippen molar-refractivity contribution in [3.05, 3.63) is 66.7 Å². The van der Waals surface area contributed by atoms with Crippen molar-refractivity contribution >= 4 is 5.69 Å². The topological polar surface area (TPSA) is 26.0 Å². The van der Waals surface area contributed by atoms with Crippen LogP contribution in [-0.2, 0) is 0 Å². The maximum Gasteiger partial charge on any atom is 0.0384 e. The summed E-state index contributed by atoms with van der Waals surface area (Å²) in [5, 5.41) is 0. The van der Waals surface area contributed by atoms with Gasteiger partial charge in [-0.1, -0.05) is 58.0 Å². The SMILES string of the molecule is C=C.CC(C)c1cc(-c2ccccc2)cc(C(C)C)c1N. The molecule has 1 heteroatoms. The first-order valence-electron chi connectivity index (χ1n) is 7.49. The quantitative estimate of drug-likeness (QED) is 0.543. The van der Waals surface area contributed by atoms with Crippen LogP contribution in [0.1, 0.15) is 50.7 Å². The van der Waals surface area contributed by atoms with Gasteiger partial charge in [0.15, 0.2) is 0 Å². The van der Waals surface area contributed by atoms with Crippen molar-refractivity contribution in [2.24, 2.45) is 0 Å². The molecule has 0 saturated carbocycles. The maximum absolute atomic E-state index is 6.33. The fourth-order valence-corrected chi connectivity index (χ4v) is 2.45. The lowest BCUT2D eigenvalue weighted by Crippen LogP contribution is -2.03. The Morgan fingerprint density at radius 2 is 1.19 bits per heavy atom. The van der Waals surface area contributed by atoms with Crippen LogP contribution in [0.2, 0.25) is 0 Å². The summed E-state index contributed by atoms with van der Waals surface area (Å²) in [5.74, 6) is 0.891. The summed E-state index contributed by atoms with van der Waals surface area (Å²) in [6, 6.07) is 15.0. The predicted molar refractivity (Wildman–Crippen MR) is 95.7 cm³/mol. The third kappa shape index (κ3) is 3.98. The minimum Gasteiger partial charge on any atom is -0.398 e. The molecule has 0 aliphatic carbocycles. The van der Waals surface area contributed by atoms with E-state index in [1.807, 2.05) is 6.07 Å². The second kappa shape index (κ2) is 7.68. The number of anilines is 1. The van der Waals surface area contributed by atoms with E-state index in [2.05, 4.69) is 77.3 Å². The van der Waals surface area contributed by atoms with Gasteiger partial charge in [-0.15, -0.1) is 13.2 Å². The Bertz CT molecular complexity index is 539. The molecule has 21 heavy (non-hydrogen) atoms. The molecule has 2 N–H and O–H groups in total. The number of benzene rings is 2. The number of nitrogens with two attached hydrogens (primary N) is 1. The first-order chi connectivity index (χ1) is 10.0. The van der Waals surface area contributed by atoms with Crippen LogP contribution in [0, 0.1) is 0 Å². The van der Waals surface area contributed by atoms with Crippen LogP contribution in [0.15, 0.2) is 55.6 Å². The van der Waals surface area contributed by atoms with Gasteiger partial charge in [0, 0.05) is 5.69 Å². The van der Waals surface area contributed by atoms with E-state index in [1.54, 1.807) is 0 Å². The lowest BCUT2D eigenvalue weighted by atomic mass is 9.89. The van der Waals surface area contributed by atoms with Crippen molar-refractivity contribution in [3.8, 4) is 11.1 Å². The van der Waals surface area contributed by atoms with Crippen molar-refractivity contribution in [2.45, 2.75) is 39.5 Å². The van der Waals surface area contributed by atoms with Crippen LogP contribution in [-0.4, -0.2) is 0 Å². The first-order valence-corrected chi connectivity index (χ1v) is 7.49. The third-order valence-corrected chi connectivity index (χ3v) is 3.60. The summed E-state index contributed by atoms with van der Waals surface area (Å²) < 4.78 is 0. The van der Waals surface area contributed by atoms with E-state index in [-0.39, 0.29) is 0 Å². The van der Waals surface area contributed by atoms with Gasteiger partial charge in [0.1, 0.15) is 0 Å². The minimum atomic E-state index is 0.446. The Morgan fingerprint density at radius 1 is 0.762 bits per heavy atom. The van der Waals surface area contributed by atoms with E-state index in [0.717, 1.165) is 5.69 Å². The molecular weight excluding hydrogens is 254 g/mol. The van der Waals surface area contributed by atoms with Crippen LogP contribution in [0.4, 0.5) is 5.69 Å². The molecule has 0 heterocycles. The van der Waals surface area contributed by atoms with Crippen LogP contribution in [0.5, 0.6) is 0 Å². The average Bonchev–Trinajstić information content (AvgIpc) is 2.49. The molecule has 0 amide bonds. The van der Waals surface area contributed by atoms with Crippen molar-refractivity contribution in [3.63, 3.8) is 0 Å². The highest BCUT2D eigenvalue weighted by Crippen LogP contribution is 2.35. The molecule has 1 nitrogen and oxygen atoms in total. The molecule has 0 aliphatic heterocycles. The summed E-state index contributed by atoms with van der Waals surface area (Å²) in [4.78, 5) is 0. The largest absolute Gasteiger partial charge is 0.398 e. The van der Waals surface area contributed by atoms with Gasteiger partial charge < -0.3 is 5.73 Å². The number of hydrogen-bond donors (Lipinski definition) is 1. The fraction of sp³-hybridized carbons (Fsp3) is 0.300. The fourth-order valence-electron chi connectivity index (χ4n) is 2.45. The number of rotatable bonds is 3. The van der Waals surface area contributed by atoms with Gasteiger partial charge >= 0.3 is 0 Å². The molecule has 2 aromatic carbocycles. The molecule has 0 atom stereocenters. The Hall–Kier alpha value is -2.02. The molecule has 0 aliphatic rings. The summed E-state index contributed by atoms with van der Waals surface area (Å²) in [6.45, 7) is 14.8. The molecule has 0 unspecified atom stereocenters. The minimum absolute atomic E-state index is 0.446. The normalized spacial score (nSPS) is 10.4. The van der Waals surface area contributed by atoms with Gasteiger partial charge in [-0.25, -0.2) is 0 Å². The molecule has 0 aromatic heterocycles. The molecule has 2 aromatic rings. The zero-order valence-corrected chi connectivity index (χ0v) is 13.7. The van der Waals surface area contributed by atoms with Gasteiger partial charge in [0.2, 0.25) is 0 Å². The predicted octanol–water partition coefficient (Wildman–Crippen LogP) is 5.98. The van der Waals surface area contributed by atoms with Crippen LogP contribution in [0.25, 0.3) is 11.1 Å². The summed E-state index contributed by atoms with van der Waals surface area (Å²) in [6.07, 6.45) is 0. The smallest absolute Gasteiger partial charge is 0.0384 e. The lowest BCUT2D eigenvalue weighted by Gasteiger charge is -2.19. The summed E-state index contributed by atoms with van der Waals surface area (Å²) in [5.41, 5.74) is 12.3. The van der Waals surface area contributed by atoms with Crippen molar-refractivity contribution < 1.29 is 0 Å². The molecule has 0 radical (unpaired) electrons. The average molecular weight is 281 g/mol. The van der Waals surface area contributed by atoms with E-state index >= 15 is 0 Å². The molecular formula is C20H27N. The van der Waals surface area contributed by atoms with E-state index in [9.17, 15) is 0 Å². The first kappa shape index (κ1) is 17.0.